The summed E-state index contributed by atoms with van der Waals surface area (Å²) in [6.45, 7) is 6.56. The van der Waals surface area contributed by atoms with Crippen LogP contribution in [0.25, 0.3) is 5.65 Å². The monoisotopic (exact) mass is 354 g/mol. The summed E-state index contributed by atoms with van der Waals surface area (Å²) in [6, 6.07) is 3.20. The van der Waals surface area contributed by atoms with Crippen molar-refractivity contribution in [3.8, 4) is 0 Å². The van der Waals surface area contributed by atoms with E-state index in [0.717, 1.165) is 4.52 Å². The Morgan fingerprint density at radius 1 is 1.36 bits per heavy atom. The Kier molecular flexibility index (Phi) is 4.44. The van der Waals surface area contributed by atoms with E-state index in [2.05, 4.69) is 20.6 Å². The van der Waals surface area contributed by atoms with E-state index in [-0.39, 0.29) is 11.7 Å². The van der Waals surface area contributed by atoms with Crippen molar-refractivity contribution in [3.63, 3.8) is 0 Å². The lowest BCUT2D eigenvalue weighted by atomic mass is 10.2. The topological polar surface area (TPSA) is 84.6 Å². The van der Waals surface area contributed by atoms with Crippen LogP contribution in [0.15, 0.2) is 12.1 Å². The fraction of sp³-hybridized carbons (Fsp3) is 0.600. The molecule has 0 bridgehead atoms. The first-order valence-electron chi connectivity index (χ1n) is 7.98. The van der Waals surface area contributed by atoms with E-state index in [1.165, 1.54) is 0 Å². The third kappa shape index (κ3) is 3.94. The molecule has 0 saturated carbocycles. The third-order valence-electron chi connectivity index (χ3n) is 3.70. The number of carbonyl (C=O) groups excluding carboxylic acids is 1. The highest BCUT2D eigenvalue weighted by atomic mass is 19.3. The molecule has 1 N–H and O–H groups in total. The number of rotatable bonds is 3. The summed E-state index contributed by atoms with van der Waals surface area (Å²) in [5.74, 6) is 0.0437. The van der Waals surface area contributed by atoms with Crippen molar-refractivity contribution >= 4 is 17.6 Å². The second-order valence-corrected chi connectivity index (χ2v) is 6.90. The summed E-state index contributed by atoms with van der Waals surface area (Å²) in [5, 5.41) is 14.2. The first-order valence-corrected chi connectivity index (χ1v) is 7.98. The van der Waals surface area contributed by atoms with Crippen molar-refractivity contribution in [1.29, 1.82) is 0 Å². The first-order chi connectivity index (χ1) is 11.7. The van der Waals surface area contributed by atoms with Gasteiger partial charge in [-0.05, 0) is 39.3 Å². The molecule has 10 heteroatoms. The van der Waals surface area contributed by atoms with E-state index < -0.39 is 23.9 Å². The molecule has 3 heterocycles. The number of aromatic nitrogens is 4. The fourth-order valence-electron chi connectivity index (χ4n) is 2.66. The van der Waals surface area contributed by atoms with Crippen molar-refractivity contribution < 1.29 is 18.3 Å². The van der Waals surface area contributed by atoms with Gasteiger partial charge in [0.25, 0.3) is 6.43 Å². The number of hydrogen-bond donors (Lipinski definition) is 1. The number of alkyl carbamates (subject to hydrolysis) is 1. The Morgan fingerprint density at radius 2 is 2.12 bits per heavy atom. The van der Waals surface area contributed by atoms with Crippen LogP contribution < -0.4 is 10.2 Å². The van der Waals surface area contributed by atoms with Gasteiger partial charge in [0.05, 0.1) is 6.04 Å². The molecular formula is C15H20F2N6O2. The number of halogens is 2. The number of hydrogen-bond acceptors (Lipinski definition) is 6. The van der Waals surface area contributed by atoms with E-state index in [4.69, 9.17) is 4.74 Å². The van der Waals surface area contributed by atoms with Crippen LogP contribution in [0.2, 0.25) is 0 Å². The number of alkyl halides is 2. The lowest BCUT2D eigenvalue weighted by Gasteiger charge is -2.22. The Morgan fingerprint density at radius 3 is 2.80 bits per heavy atom. The summed E-state index contributed by atoms with van der Waals surface area (Å²) in [4.78, 5) is 13.8. The van der Waals surface area contributed by atoms with Gasteiger partial charge >= 0.3 is 6.09 Å². The molecule has 1 aliphatic rings. The maximum atomic E-state index is 12.9. The molecule has 1 saturated heterocycles. The van der Waals surface area contributed by atoms with Gasteiger partial charge in [0.1, 0.15) is 11.4 Å². The lowest BCUT2D eigenvalue weighted by molar-refractivity contribution is 0.0509. The van der Waals surface area contributed by atoms with E-state index >= 15 is 0 Å². The van der Waals surface area contributed by atoms with Crippen LogP contribution in [0, 0.1) is 0 Å². The van der Waals surface area contributed by atoms with Gasteiger partial charge in [0.15, 0.2) is 5.65 Å². The molecule has 1 fully saturated rings. The maximum absolute atomic E-state index is 12.9. The third-order valence-corrected chi connectivity index (χ3v) is 3.70. The SMILES string of the molecule is CC(C)(C)OC(=O)N[C@H]1CCN(c2ccc3nnc(C(F)F)n3n2)C1. The largest absolute Gasteiger partial charge is 0.444 e. The van der Waals surface area contributed by atoms with Crippen molar-refractivity contribution in [1.82, 2.24) is 25.1 Å². The molecule has 3 rings (SSSR count). The highest BCUT2D eigenvalue weighted by Crippen LogP contribution is 2.21. The standard InChI is InChI=1S/C15H20F2N6O2/c1-15(2,3)25-14(24)18-9-6-7-22(8-9)11-5-4-10-19-20-13(12(16)17)23(10)21-11/h4-5,9,12H,6-8H2,1-3H3,(H,18,24)/t9-/m0/s1. The van der Waals surface area contributed by atoms with Crippen molar-refractivity contribution in [2.45, 2.75) is 45.3 Å². The number of amides is 1. The summed E-state index contributed by atoms with van der Waals surface area (Å²) >= 11 is 0. The van der Waals surface area contributed by atoms with Crippen LogP contribution in [0.1, 0.15) is 39.4 Å². The minimum absolute atomic E-state index is 0.0946. The Labute approximate surface area is 143 Å². The molecule has 25 heavy (non-hydrogen) atoms. The van der Waals surface area contributed by atoms with E-state index in [1.807, 2.05) is 4.90 Å². The number of nitrogens with one attached hydrogen (secondary N) is 1. The number of anilines is 1. The van der Waals surface area contributed by atoms with Gasteiger partial charge in [0.2, 0.25) is 5.82 Å². The van der Waals surface area contributed by atoms with Gasteiger partial charge in [-0.2, -0.15) is 4.52 Å². The molecular weight excluding hydrogens is 334 g/mol. The van der Waals surface area contributed by atoms with Gasteiger partial charge < -0.3 is 15.0 Å². The summed E-state index contributed by atoms with van der Waals surface area (Å²) < 4.78 is 32.2. The molecule has 1 aliphatic heterocycles. The second-order valence-electron chi connectivity index (χ2n) is 6.90. The molecule has 0 spiro atoms. The minimum atomic E-state index is -2.75. The van der Waals surface area contributed by atoms with Crippen LogP contribution in [0.4, 0.5) is 19.4 Å². The average Bonchev–Trinajstić information content (AvgIpc) is 3.10. The number of nitrogens with zero attached hydrogens (tertiary/aromatic N) is 5. The Balaban J connectivity index is 1.68. The van der Waals surface area contributed by atoms with Gasteiger partial charge in [0, 0.05) is 13.1 Å². The zero-order valence-corrected chi connectivity index (χ0v) is 14.2. The predicted molar refractivity (Wildman–Crippen MR) is 85.7 cm³/mol. The van der Waals surface area contributed by atoms with Crippen molar-refractivity contribution in [3.05, 3.63) is 18.0 Å². The number of ether oxygens (including phenoxy) is 1. The molecule has 136 valence electrons. The minimum Gasteiger partial charge on any atom is -0.444 e. The van der Waals surface area contributed by atoms with Crippen molar-refractivity contribution in [2.75, 3.05) is 18.0 Å². The van der Waals surface area contributed by atoms with E-state index in [9.17, 15) is 13.6 Å². The van der Waals surface area contributed by atoms with Crippen LogP contribution in [0.5, 0.6) is 0 Å². The number of fused-ring (bicyclic) bond motifs is 1. The average molecular weight is 354 g/mol. The van der Waals surface area contributed by atoms with Crippen LogP contribution >= 0.6 is 0 Å². The van der Waals surface area contributed by atoms with Gasteiger partial charge in [-0.1, -0.05) is 0 Å². The highest BCUT2D eigenvalue weighted by molar-refractivity contribution is 5.68. The molecule has 0 aromatic carbocycles. The molecule has 1 atom stereocenters. The Bertz CT molecular complexity index is 773. The van der Waals surface area contributed by atoms with Crippen LogP contribution in [-0.4, -0.2) is 50.6 Å². The highest BCUT2D eigenvalue weighted by Gasteiger charge is 2.27. The van der Waals surface area contributed by atoms with Crippen LogP contribution in [0.3, 0.4) is 0 Å². The van der Waals surface area contributed by atoms with Crippen LogP contribution in [-0.2, 0) is 4.74 Å². The summed E-state index contributed by atoms with van der Waals surface area (Å²) in [6.07, 6.45) is -2.51. The Hall–Kier alpha value is -2.52. The zero-order valence-electron chi connectivity index (χ0n) is 14.2. The fourth-order valence-corrected chi connectivity index (χ4v) is 2.66. The maximum Gasteiger partial charge on any atom is 0.407 e. The smallest absolute Gasteiger partial charge is 0.407 e. The van der Waals surface area contributed by atoms with E-state index in [1.54, 1.807) is 32.9 Å². The van der Waals surface area contributed by atoms with Gasteiger partial charge in [-0.15, -0.1) is 15.3 Å². The summed E-state index contributed by atoms with van der Waals surface area (Å²) in [7, 11) is 0. The lowest BCUT2D eigenvalue weighted by Crippen LogP contribution is -2.40. The normalized spacial score (nSPS) is 18.2. The van der Waals surface area contributed by atoms with E-state index in [0.29, 0.717) is 25.3 Å². The predicted octanol–water partition coefficient (Wildman–Crippen LogP) is 2.17. The molecule has 0 unspecified atom stereocenters. The van der Waals surface area contributed by atoms with Crippen molar-refractivity contribution in [2.24, 2.45) is 0 Å². The molecule has 1 amide bonds. The quantitative estimate of drug-likeness (QED) is 0.909. The molecule has 0 radical (unpaired) electrons. The first kappa shape index (κ1) is 17.3. The second kappa shape index (κ2) is 6.41. The molecule has 2 aromatic heterocycles. The molecule has 8 nitrogen and oxygen atoms in total. The summed E-state index contributed by atoms with van der Waals surface area (Å²) in [5.41, 5.74) is -0.295. The molecule has 2 aromatic rings. The number of carbonyl (C=O) groups is 1. The molecule has 0 aliphatic carbocycles. The van der Waals surface area contributed by atoms with Gasteiger partial charge in [-0.3, -0.25) is 0 Å². The zero-order chi connectivity index (χ0) is 18.2. The van der Waals surface area contributed by atoms with Gasteiger partial charge in [-0.25, -0.2) is 13.6 Å².